The topological polar surface area (TPSA) is 49.0 Å². The highest BCUT2D eigenvalue weighted by molar-refractivity contribution is 5.79. The third-order valence-electron chi connectivity index (χ3n) is 6.01. The van der Waals surface area contributed by atoms with E-state index in [0.717, 1.165) is 38.8 Å². The van der Waals surface area contributed by atoms with E-state index in [2.05, 4.69) is 45.4 Å². The maximum Gasteiger partial charge on any atom is 0.225 e. The zero-order valence-corrected chi connectivity index (χ0v) is 14.7. The molecule has 0 bridgehead atoms. The minimum Gasteiger partial charge on any atom is -0.342 e. The van der Waals surface area contributed by atoms with E-state index in [1.54, 1.807) is 0 Å². The van der Waals surface area contributed by atoms with Crippen molar-refractivity contribution in [3.8, 4) is 0 Å². The van der Waals surface area contributed by atoms with E-state index < -0.39 is 0 Å². The monoisotopic (exact) mass is 337 g/mol. The number of aromatic amines is 1. The fourth-order valence-corrected chi connectivity index (χ4v) is 4.68. The first-order valence-electron chi connectivity index (χ1n) is 9.63. The Morgan fingerprint density at radius 3 is 2.80 bits per heavy atom. The summed E-state index contributed by atoms with van der Waals surface area (Å²) in [6.07, 6.45) is 8.50. The van der Waals surface area contributed by atoms with E-state index in [1.165, 1.54) is 24.1 Å². The number of rotatable bonds is 4. The van der Waals surface area contributed by atoms with Crippen molar-refractivity contribution >= 4 is 5.91 Å². The van der Waals surface area contributed by atoms with Crippen LogP contribution in [0.3, 0.4) is 0 Å². The number of nitrogens with one attached hydrogen (secondary N) is 1. The number of benzene rings is 1. The van der Waals surface area contributed by atoms with Crippen molar-refractivity contribution in [2.24, 2.45) is 11.8 Å². The molecule has 0 spiro atoms. The van der Waals surface area contributed by atoms with Crippen molar-refractivity contribution in [1.82, 2.24) is 15.1 Å². The molecule has 1 aromatic heterocycles. The molecule has 2 heterocycles. The van der Waals surface area contributed by atoms with Gasteiger partial charge in [0.15, 0.2) is 0 Å². The van der Waals surface area contributed by atoms with Crippen molar-refractivity contribution in [2.75, 3.05) is 13.1 Å². The number of likely N-dealkylation sites (tertiary alicyclic amines) is 1. The van der Waals surface area contributed by atoms with Crippen molar-refractivity contribution < 1.29 is 4.79 Å². The van der Waals surface area contributed by atoms with Crippen LogP contribution in [-0.2, 0) is 11.2 Å². The van der Waals surface area contributed by atoms with Gasteiger partial charge < -0.3 is 4.90 Å². The molecule has 2 aromatic rings. The van der Waals surface area contributed by atoms with Crippen molar-refractivity contribution in [3.05, 3.63) is 53.9 Å². The normalized spacial score (nSPS) is 26.7. The lowest BCUT2D eigenvalue weighted by molar-refractivity contribution is -0.138. The lowest BCUT2D eigenvalue weighted by atomic mass is 9.87. The Kier molecular flexibility index (Phi) is 4.86. The molecule has 1 saturated carbocycles. The lowest BCUT2D eigenvalue weighted by Gasteiger charge is -2.35. The molecule has 2 aliphatic rings. The Hall–Kier alpha value is -2.10. The smallest absolute Gasteiger partial charge is 0.225 e. The molecule has 25 heavy (non-hydrogen) atoms. The van der Waals surface area contributed by atoms with Crippen molar-refractivity contribution in [2.45, 2.75) is 44.4 Å². The van der Waals surface area contributed by atoms with Crippen LogP contribution in [0.25, 0.3) is 0 Å². The molecule has 1 aliphatic carbocycles. The number of hydrogen-bond donors (Lipinski definition) is 1. The van der Waals surface area contributed by atoms with E-state index in [0.29, 0.717) is 17.7 Å². The fourth-order valence-electron chi connectivity index (χ4n) is 4.68. The maximum atomic E-state index is 13.2. The molecule has 0 radical (unpaired) electrons. The number of nitrogens with zero attached hydrogens (tertiary/aromatic N) is 2. The molecular weight excluding hydrogens is 310 g/mol. The molecule has 1 N–H and O–H groups in total. The molecule has 2 fully saturated rings. The van der Waals surface area contributed by atoms with Gasteiger partial charge in [0.25, 0.3) is 0 Å². The van der Waals surface area contributed by atoms with Gasteiger partial charge in [-0.1, -0.05) is 36.8 Å². The van der Waals surface area contributed by atoms with E-state index in [4.69, 9.17) is 0 Å². The second-order valence-corrected chi connectivity index (χ2v) is 7.62. The second kappa shape index (κ2) is 7.42. The third-order valence-corrected chi connectivity index (χ3v) is 6.01. The first-order chi connectivity index (χ1) is 12.3. The second-order valence-electron chi connectivity index (χ2n) is 7.62. The predicted octanol–water partition coefficient (Wildman–Crippen LogP) is 3.77. The van der Waals surface area contributed by atoms with Crippen LogP contribution in [-0.4, -0.2) is 34.1 Å². The SMILES string of the molecule is O=C(C1CCCC1Cc1ccccc1)N1CCCC(c2ccn[nH]2)C1. The van der Waals surface area contributed by atoms with Crippen LogP contribution in [0, 0.1) is 11.8 Å². The first-order valence-corrected chi connectivity index (χ1v) is 9.63. The van der Waals surface area contributed by atoms with Crippen LogP contribution in [0.4, 0.5) is 0 Å². The number of amides is 1. The van der Waals surface area contributed by atoms with Gasteiger partial charge in [0.1, 0.15) is 0 Å². The summed E-state index contributed by atoms with van der Waals surface area (Å²) in [7, 11) is 0. The van der Waals surface area contributed by atoms with Gasteiger partial charge in [-0.25, -0.2) is 0 Å². The number of aromatic nitrogens is 2. The number of H-pyrrole nitrogens is 1. The molecule has 4 heteroatoms. The zero-order valence-electron chi connectivity index (χ0n) is 14.7. The van der Waals surface area contributed by atoms with Crippen molar-refractivity contribution in [1.29, 1.82) is 0 Å². The Morgan fingerprint density at radius 2 is 2.00 bits per heavy atom. The van der Waals surface area contributed by atoms with E-state index in [-0.39, 0.29) is 5.92 Å². The van der Waals surface area contributed by atoms with Crippen LogP contribution in [0.15, 0.2) is 42.6 Å². The molecule has 1 aromatic carbocycles. The van der Waals surface area contributed by atoms with Gasteiger partial charge in [0.2, 0.25) is 5.91 Å². The summed E-state index contributed by atoms with van der Waals surface area (Å²) in [6.45, 7) is 1.76. The Balaban J connectivity index is 1.42. The summed E-state index contributed by atoms with van der Waals surface area (Å²) in [5.41, 5.74) is 2.53. The lowest BCUT2D eigenvalue weighted by Crippen LogP contribution is -2.43. The maximum absolute atomic E-state index is 13.2. The summed E-state index contributed by atoms with van der Waals surface area (Å²) < 4.78 is 0. The molecule has 4 rings (SSSR count). The average Bonchev–Trinajstić information content (AvgIpc) is 3.34. The van der Waals surface area contributed by atoms with Crippen LogP contribution in [0.1, 0.15) is 49.3 Å². The summed E-state index contributed by atoms with van der Waals surface area (Å²) >= 11 is 0. The Bertz CT molecular complexity index is 682. The molecule has 1 amide bonds. The van der Waals surface area contributed by atoms with Gasteiger partial charge in [-0.05, 0) is 49.7 Å². The van der Waals surface area contributed by atoms with Crippen LogP contribution in [0.2, 0.25) is 0 Å². The van der Waals surface area contributed by atoms with E-state index in [1.807, 2.05) is 12.3 Å². The first kappa shape index (κ1) is 16.4. The molecule has 132 valence electrons. The van der Waals surface area contributed by atoms with E-state index in [9.17, 15) is 4.79 Å². The highest BCUT2D eigenvalue weighted by Gasteiger charge is 2.37. The van der Waals surface area contributed by atoms with Crippen LogP contribution < -0.4 is 0 Å². The van der Waals surface area contributed by atoms with Crippen molar-refractivity contribution in [3.63, 3.8) is 0 Å². The number of carbonyl (C=O) groups is 1. The Morgan fingerprint density at radius 1 is 1.12 bits per heavy atom. The summed E-state index contributed by atoms with van der Waals surface area (Å²) in [5, 5.41) is 7.16. The summed E-state index contributed by atoms with van der Waals surface area (Å²) in [4.78, 5) is 15.3. The van der Waals surface area contributed by atoms with Gasteiger partial charge in [-0.15, -0.1) is 0 Å². The predicted molar refractivity (Wildman–Crippen MR) is 98.1 cm³/mol. The highest BCUT2D eigenvalue weighted by atomic mass is 16.2. The average molecular weight is 337 g/mol. The summed E-state index contributed by atoms with van der Waals surface area (Å²) in [6, 6.07) is 12.7. The van der Waals surface area contributed by atoms with Gasteiger partial charge in [0, 0.05) is 36.8 Å². The summed E-state index contributed by atoms with van der Waals surface area (Å²) in [5.74, 6) is 1.51. The quantitative estimate of drug-likeness (QED) is 0.923. The molecule has 3 atom stereocenters. The molecule has 3 unspecified atom stereocenters. The van der Waals surface area contributed by atoms with Gasteiger partial charge in [-0.2, -0.15) is 5.10 Å². The Labute approximate surface area is 149 Å². The van der Waals surface area contributed by atoms with Gasteiger partial charge in [0.05, 0.1) is 0 Å². The fraction of sp³-hybridized carbons (Fsp3) is 0.524. The molecule has 4 nitrogen and oxygen atoms in total. The minimum absolute atomic E-state index is 0.209. The largest absolute Gasteiger partial charge is 0.342 e. The molecule has 1 saturated heterocycles. The van der Waals surface area contributed by atoms with Gasteiger partial charge in [-0.3, -0.25) is 9.89 Å². The highest BCUT2D eigenvalue weighted by Crippen LogP contribution is 2.37. The number of hydrogen-bond acceptors (Lipinski definition) is 2. The third kappa shape index (κ3) is 3.63. The number of piperidine rings is 1. The number of carbonyl (C=O) groups excluding carboxylic acids is 1. The zero-order chi connectivity index (χ0) is 17.1. The van der Waals surface area contributed by atoms with Crippen LogP contribution >= 0.6 is 0 Å². The van der Waals surface area contributed by atoms with E-state index >= 15 is 0 Å². The standard InChI is InChI=1S/C21H27N3O/c25-21(24-13-5-9-18(15-24)20-11-12-22-23-20)19-10-4-8-17(19)14-16-6-2-1-3-7-16/h1-3,6-7,11-12,17-19H,4-5,8-10,13-15H2,(H,22,23). The van der Waals surface area contributed by atoms with Crippen LogP contribution in [0.5, 0.6) is 0 Å². The minimum atomic E-state index is 0.209. The van der Waals surface area contributed by atoms with Gasteiger partial charge >= 0.3 is 0 Å². The molecular formula is C21H27N3O. The molecule has 1 aliphatic heterocycles.